The highest BCUT2D eigenvalue weighted by atomic mass is 32.2. The van der Waals surface area contributed by atoms with Crippen LogP contribution in [-0.4, -0.2) is 25.9 Å². The van der Waals surface area contributed by atoms with Gasteiger partial charge in [-0.15, -0.1) is 0 Å². The Hall–Kier alpha value is -3.19. The largest absolute Gasteiger partial charge is 0.308 e. The average molecular weight is 436 g/mol. The number of pyridine rings is 1. The molecule has 0 saturated carbocycles. The second kappa shape index (κ2) is 7.81. The van der Waals surface area contributed by atoms with E-state index in [9.17, 15) is 13.2 Å². The fraction of sp³-hybridized carbons (Fsp3) is 0.250. The summed E-state index contributed by atoms with van der Waals surface area (Å²) in [6.07, 6.45) is 3.90. The molecule has 0 aliphatic carbocycles. The summed E-state index contributed by atoms with van der Waals surface area (Å²) in [6.45, 7) is 6.80. The minimum absolute atomic E-state index is 0.0550. The summed E-state index contributed by atoms with van der Waals surface area (Å²) >= 11 is 0. The number of benzene rings is 2. The summed E-state index contributed by atoms with van der Waals surface area (Å²) < 4.78 is 28.4. The summed E-state index contributed by atoms with van der Waals surface area (Å²) in [5.74, 6) is -0.126. The van der Waals surface area contributed by atoms with Gasteiger partial charge in [0.1, 0.15) is 0 Å². The molecule has 4 rings (SSSR count). The van der Waals surface area contributed by atoms with Crippen LogP contribution in [0.2, 0.25) is 0 Å². The SMILES string of the molecule is CC(C)(C)c1ccc(S(=O)(=O)Nc2ccc3c(c2)N(C(=O)c2ccncc2)CC3)cc1. The van der Waals surface area contributed by atoms with Gasteiger partial charge in [0.2, 0.25) is 0 Å². The number of sulfonamides is 1. The number of anilines is 2. The third-order valence-corrected chi connectivity index (χ3v) is 6.83. The van der Waals surface area contributed by atoms with E-state index in [1.54, 1.807) is 53.7 Å². The Morgan fingerprint density at radius 1 is 1.00 bits per heavy atom. The molecule has 1 aliphatic heterocycles. The first-order valence-electron chi connectivity index (χ1n) is 10.1. The minimum Gasteiger partial charge on any atom is -0.308 e. The molecule has 0 radical (unpaired) electrons. The van der Waals surface area contributed by atoms with Gasteiger partial charge < -0.3 is 4.90 Å². The van der Waals surface area contributed by atoms with E-state index in [4.69, 9.17) is 0 Å². The van der Waals surface area contributed by atoms with Crippen molar-refractivity contribution in [2.75, 3.05) is 16.2 Å². The molecule has 0 atom stereocenters. The highest BCUT2D eigenvalue weighted by Gasteiger charge is 2.26. The van der Waals surface area contributed by atoms with E-state index in [2.05, 4.69) is 30.5 Å². The van der Waals surface area contributed by atoms with Crippen molar-refractivity contribution < 1.29 is 13.2 Å². The summed E-state index contributed by atoms with van der Waals surface area (Å²) in [5, 5.41) is 0. The maximum Gasteiger partial charge on any atom is 0.261 e. The molecule has 6 nitrogen and oxygen atoms in total. The molecule has 0 fully saturated rings. The van der Waals surface area contributed by atoms with Gasteiger partial charge in [-0.25, -0.2) is 8.42 Å². The first kappa shape index (κ1) is 21.1. The molecule has 1 aromatic heterocycles. The summed E-state index contributed by atoms with van der Waals surface area (Å²) in [7, 11) is -3.74. The van der Waals surface area contributed by atoms with Crippen molar-refractivity contribution in [1.29, 1.82) is 0 Å². The highest BCUT2D eigenvalue weighted by Crippen LogP contribution is 2.33. The normalized spacial score (nSPS) is 13.7. The lowest BCUT2D eigenvalue weighted by molar-refractivity contribution is 0.0989. The second-order valence-corrected chi connectivity index (χ2v) is 10.3. The Kier molecular flexibility index (Phi) is 5.31. The quantitative estimate of drug-likeness (QED) is 0.659. The lowest BCUT2D eigenvalue weighted by Gasteiger charge is -2.20. The van der Waals surface area contributed by atoms with Gasteiger partial charge in [0, 0.05) is 30.2 Å². The number of amides is 1. The van der Waals surface area contributed by atoms with Crippen LogP contribution < -0.4 is 9.62 Å². The molecule has 0 unspecified atom stereocenters. The maximum absolute atomic E-state index is 12.9. The lowest BCUT2D eigenvalue weighted by atomic mass is 9.87. The van der Waals surface area contributed by atoms with E-state index in [0.29, 0.717) is 17.8 Å². The van der Waals surface area contributed by atoms with Crippen LogP contribution in [0.1, 0.15) is 42.3 Å². The number of hydrogen-bond donors (Lipinski definition) is 1. The van der Waals surface area contributed by atoms with Crippen molar-refractivity contribution in [2.45, 2.75) is 37.5 Å². The molecule has 31 heavy (non-hydrogen) atoms. The number of rotatable bonds is 4. The molecule has 0 spiro atoms. The summed E-state index contributed by atoms with van der Waals surface area (Å²) in [5.41, 5.74) is 3.72. The van der Waals surface area contributed by atoms with Crippen LogP contribution in [0.3, 0.4) is 0 Å². The molecule has 1 amide bonds. The Morgan fingerprint density at radius 3 is 2.32 bits per heavy atom. The number of carbonyl (C=O) groups excluding carboxylic acids is 1. The summed E-state index contributed by atoms with van der Waals surface area (Å²) in [6, 6.07) is 15.6. The number of carbonyl (C=O) groups is 1. The van der Waals surface area contributed by atoms with Crippen LogP contribution >= 0.6 is 0 Å². The summed E-state index contributed by atoms with van der Waals surface area (Å²) in [4.78, 5) is 18.7. The third-order valence-electron chi connectivity index (χ3n) is 5.44. The molecule has 0 saturated heterocycles. The predicted octanol–water partition coefficient (Wildman–Crippen LogP) is 4.38. The Morgan fingerprint density at radius 2 is 1.68 bits per heavy atom. The van der Waals surface area contributed by atoms with E-state index < -0.39 is 10.0 Å². The molecular formula is C24H25N3O3S. The molecule has 2 aromatic carbocycles. The van der Waals surface area contributed by atoms with Crippen molar-refractivity contribution in [2.24, 2.45) is 0 Å². The topological polar surface area (TPSA) is 79.4 Å². The van der Waals surface area contributed by atoms with Crippen molar-refractivity contribution >= 4 is 27.3 Å². The Balaban J connectivity index is 1.59. The van der Waals surface area contributed by atoms with E-state index in [-0.39, 0.29) is 16.2 Å². The van der Waals surface area contributed by atoms with Gasteiger partial charge in [0.15, 0.2) is 0 Å². The zero-order chi connectivity index (χ0) is 22.2. The van der Waals surface area contributed by atoms with E-state index in [1.807, 2.05) is 18.2 Å². The van der Waals surface area contributed by atoms with Gasteiger partial charge in [-0.1, -0.05) is 39.0 Å². The molecule has 3 aromatic rings. The third kappa shape index (κ3) is 4.32. The number of hydrogen-bond acceptors (Lipinski definition) is 4. The van der Waals surface area contributed by atoms with Crippen molar-refractivity contribution in [3.05, 3.63) is 83.7 Å². The van der Waals surface area contributed by atoms with Gasteiger partial charge >= 0.3 is 0 Å². The Labute approximate surface area is 183 Å². The molecule has 1 N–H and O–H groups in total. The van der Waals surface area contributed by atoms with Crippen LogP contribution in [0.4, 0.5) is 11.4 Å². The fourth-order valence-corrected chi connectivity index (χ4v) is 4.70. The van der Waals surface area contributed by atoms with E-state index in [0.717, 1.165) is 23.2 Å². The maximum atomic E-state index is 12.9. The average Bonchev–Trinajstić information content (AvgIpc) is 3.16. The zero-order valence-electron chi connectivity index (χ0n) is 17.8. The highest BCUT2D eigenvalue weighted by molar-refractivity contribution is 7.92. The second-order valence-electron chi connectivity index (χ2n) is 8.67. The standard InChI is InChI=1S/C24H25N3O3S/c1-24(2,3)19-5-8-21(9-6-19)31(29,30)26-20-7-4-17-12-15-27(22(17)16-20)23(28)18-10-13-25-14-11-18/h4-11,13-14,16,26H,12,15H2,1-3H3. The molecule has 7 heteroatoms. The molecule has 2 heterocycles. The van der Waals surface area contributed by atoms with Gasteiger partial charge in [-0.2, -0.15) is 0 Å². The Bertz CT molecular complexity index is 1220. The number of aromatic nitrogens is 1. The fourth-order valence-electron chi connectivity index (χ4n) is 3.65. The smallest absolute Gasteiger partial charge is 0.261 e. The molecule has 160 valence electrons. The van der Waals surface area contributed by atoms with Gasteiger partial charge in [-0.05, 0) is 59.4 Å². The van der Waals surface area contributed by atoms with Gasteiger partial charge in [0.25, 0.3) is 15.9 Å². The zero-order valence-corrected chi connectivity index (χ0v) is 18.6. The lowest BCUT2D eigenvalue weighted by Crippen LogP contribution is -2.28. The first-order valence-corrected chi connectivity index (χ1v) is 11.6. The van der Waals surface area contributed by atoms with Crippen LogP contribution in [-0.2, 0) is 21.9 Å². The van der Waals surface area contributed by atoms with Gasteiger partial charge in [-0.3, -0.25) is 14.5 Å². The van der Waals surface area contributed by atoms with E-state index >= 15 is 0 Å². The molecular weight excluding hydrogens is 410 g/mol. The minimum atomic E-state index is -3.74. The van der Waals surface area contributed by atoms with Crippen molar-refractivity contribution in [3.8, 4) is 0 Å². The van der Waals surface area contributed by atoms with Crippen LogP contribution in [0.5, 0.6) is 0 Å². The van der Waals surface area contributed by atoms with Gasteiger partial charge in [0.05, 0.1) is 10.6 Å². The van der Waals surface area contributed by atoms with Crippen LogP contribution in [0.25, 0.3) is 0 Å². The number of nitrogens with one attached hydrogen (secondary N) is 1. The van der Waals surface area contributed by atoms with Crippen molar-refractivity contribution in [1.82, 2.24) is 4.98 Å². The number of fused-ring (bicyclic) bond motifs is 1. The van der Waals surface area contributed by atoms with Crippen LogP contribution in [0.15, 0.2) is 71.9 Å². The van der Waals surface area contributed by atoms with Crippen molar-refractivity contribution in [3.63, 3.8) is 0 Å². The molecule has 1 aliphatic rings. The van der Waals surface area contributed by atoms with Crippen LogP contribution in [0, 0.1) is 0 Å². The monoisotopic (exact) mass is 435 g/mol. The number of nitrogens with zero attached hydrogens (tertiary/aromatic N) is 2. The van der Waals surface area contributed by atoms with E-state index in [1.165, 1.54) is 0 Å². The molecule has 0 bridgehead atoms. The predicted molar refractivity (Wildman–Crippen MR) is 122 cm³/mol. The first-order chi connectivity index (χ1) is 14.6.